The van der Waals surface area contributed by atoms with Gasteiger partial charge in [-0.1, -0.05) is 103 Å². The summed E-state index contributed by atoms with van der Waals surface area (Å²) in [5, 5.41) is 0. The van der Waals surface area contributed by atoms with Crippen molar-refractivity contribution in [2.75, 3.05) is 0 Å². The van der Waals surface area contributed by atoms with Gasteiger partial charge in [0, 0.05) is 22.3 Å². The average molecular weight is 677 g/mol. The molecule has 1 aliphatic heterocycles. The third-order valence-corrected chi connectivity index (χ3v) is 8.01. The number of aryl methyl sites for hydroxylation is 2. The molecule has 43 heavy (non-hydrogen) atoms. The topological polar surface area (TPSA) is 25.3 Å². The molecule has 3 heteroatoms. The molecule has 242 valence electrons. The van der Waals surface area contributed by atoms with E-state index in [4.69, 9.17) is 0 Å². The van der Waals surface area contributed by atoms with Crippen LogP contribution >= 0.6 is 0 Å². The zero-order chi connectivity index (χ0) is 31.2. The molecule has 0 atom stereocenters. The van der Waals surface area contributed by atoms with E-state index in [2.05, 4.69) is 90.1 Å². The molecule has 0 saturated carbocycles. The summed E-state index contributed by atoms with van der Waals surface area (Å²) in [5.74, 6) is 0. The maximum absolute atomic E-state index is 11.7. The van der Waals surface area contributed by atoms with Crippen molar-refractivity contribution in [3.8, 4) is 0 Å². The number of rotatable bonds is 18. The fourth-order valence-corrected chi connectivity index (χ4v) is 5.64. The van der Waals surface area contributed by atoms with Crippen molar-refractivity contribution in [2.24, 2.45) is 0 Å². The van der Waals surface area contributed by atoms with Crippen LogP contribution in [0.2, 0.25) is 0 Å². The minimum absolute atomic E-state index is 0. The van der Waals surface area contributed by atoms with Gasteiger partial charge in [0.25, 0.3) is 0 Å². The van der Waals surface area contributed by atoms with Crippen LogP contribution in [-0.2, 0) is 33.3 Å². The number of unbranched alkanes of at least 4 members (excludes halogenated alkanes) is 8. The Bertz CT molecular complexity index is 1060. The van der Waals surface area contributed by atoms with Crippen LogP contribution in [-0.4, -0.2) is 4.70 Å². The van der Waals surface area contributed by atoms with Crippen LogP contribution < -0.4 is 0 Å². The van der Waals surface area contributed by atoms with E-state index >= 15 is 0 Å². The molecular weight excluding hydrogens is 615 g/mol. The zero-order valence-corrected chi connectivity index (χ0v) is 30.1. The summed E-state index contributed by atoms with van der Waals surface area (Å²) in [5.41, 5.74) is 21.5. The standard InChI is InChI=1S/C36H52N2.2C2H5.Pd/c1-5-9-13-14-15-16-18-30-23-27-32(28-24-30)36-34(20-12-8-4)33(19-11-7-3)35(38(36)37)31-25-21-29(22-26-31)17-10-6-2;2*1-2;/h21-28H,5-20H2,1-4H3;2*1H2,2H3;/q;2*-1;+2. The summed E-state index contributed by atoms with van der Waals surface area (Å²) in [6.07, 6.45) is 19.3. The SMILES string of the molecule is CCCCCCCCc1ccc(C2=C(CCCC)C(CCCC)=C(c3ccc(CCCC)cc3)[N+]2=[N-])cc1.[CH2-]C.[CH2-]C.[Pd+2]. The van der Waals surface area contributed by atoms with E-state index < -0.39 is 0 Å². The maximum Gasteiger partial charge on any atom is 2.00 e. The van der Waals surface area contributed by atoms with Crippen LogP contribution in [0.1, 0.15) is 154 Å². The molecule has 0 aliphatic carbocycles. The minimum atomic E-state index is 0. The summed E-state index contributed by atoms with van der Waals surface area (Å²) < 4.78 is 1.53. The third kappa shape index (κ3) is 13.4. The predicted molar refractivity (Wildman–Crippen MR) is 187 cm³/mol. The second-order valence-corrected chi connectivity index (χ2v) is 11.2. The van der Waals surface area contributed by atoms with Crippen molar-refractivity contribution in [1.29, 1.82) is 0 Å². The van der Waals surface area contributed by atoms with Gasteiger partial charge in [0.1, 0.15) is 0 Å². The molecule has 2 aromatic carbocycles. The largest absolute Gasteiger partial charge is 2.00 e. The van der Waals surface area contributed by atoms with Gasteiger partial charge in [-0.2, -0.15) is 13.8 Å². The molecule has 3 rings (SSSR count). The number of hydrogen-bond acceptors (Lipinski definition) is 0. The molecule has 0 aromatic heterocycles. The number of benzene rings is 2. The summed E-state index contributed by atoms with van der Waals surface area (Å²) in [6, 6.07) is 18.0. The van der Waals surface area contributed by atoms with Crippen molar-refractivity contribution in [3.63, 3.8) is 0 Å². The zero-order valence-electron chi connectivity index (χ0n) is 28.6. The molecule has 1 heterocycles. The van der Waals surface area contributed by atoms with E-state index in [9.17, 15) is 5.53 Å². The van der Waals surface area contributed by atoms with Gasteiger partial charge in [-0.05, 0) is 86.8 Å². The number of nitrogens with zero attached hydrogens (tertiary/aromatic N) is 2. The molecule has 0 spiro atoms. The summed E-state index contributed by atoms with van der Waals surface area (Å²) in [6.45, 7) is 19.0. The van der Waals surface area contributed by atoms with Gasteiger partial charge in [-0.25, -0.2) is 4.70 Å². The van der Waals surface area contributed by atoms with E-state index in [1.54, 1.807) is 13.8 Å². The van der Waals surface area contributed by atoms with Crippen LogP contribution in [0.4, 0.5) is 0 Å². The predicted octanol–water partition coefficient (Wildman–Crippen LogP) is 13.2. The van der Waals surface area contributed by atoms with Crippen LogP contribution in [0.15, 0.2) is 59.7 Å². The quantitative estimate of drug-likeness (QED) is 0.0650. The number of hydrogen-bond donors (Lipinski definition) is 0. The molecular formula is C40H62N2Pd. The van der Waals surface area contributed by atoms with E-state index in [0.717, 1.165) is 73.9 Å². The van der Waals surface area contributed by atoms with Crippen molar-refractivity contribution >= 4 is 11.4 Å². The first-order chi connectivity index (χ1) is 20.6. The number of allylic oxidation sites excluding steroid dienone is 2. The van der Waals surface area contributed by atoms with Crippen molar-refractivity contribution in [1.82, 2.24) is 0 Å². The summed E-state index contributed by atoms with van der Waals surface area (Å²) in [4.78, 5) is 0. The third-order valence-electron chi connectivity index (χ3n) is 8.01. The normalized spacial score (nSPS) is 12.4. The average Bonchev–Trinajstić information content (AvgIpc) is 3.32. The van der Waals surface area contributed by atoms with Gasteiger partial charge in [-0.3, -0.25) is 0 Å². The fraction of sp³-hybridized carbons (Fsp3) is 0.550. The van der Waals surface area contributed by atoms with E-state index in [0.29, 0.717) is 0 Å². The van der Waals surface area contributed by atoms with Crippen molar-refractivity contribution in [2.45, 2.75) is 144 Å². The molecule has 2 nitrogen and oxygen atoms in total. The van der Waals surface area contributed by atoms with E-state index in [1.165, 1.54) is 78.3 Å². The molecule has 0 bridgehead atoms. The molecule has 2 aromatic rings. The molecule has 0 radical (unpaired) electrons. The van der Waals surface area contributed by atoms with Crippen LogP contribution in [0, 0.1) is 13.8 Å². The fourth-order valence-electron chi connectivity index (χ4n) is 5.64. The van der Waals surface area contributed by atoms with Gasteiger partial charge in [0.05, 0.1) is 0 Å². The molecule has 0 unspecified atom stereocenters. The van der Waals surface area contributed by atoms with Gasteiger partial charge in [-0.15, -0.1) is 0 Å². The molecule has 0 N–H and O–H groups in total. The molecule has 1 aliphatic rings. The maximum atomic E-state index is 11.7. The van der Waals surface area contributed by atoms with Gasteiger partial charge < -0.3 is 19.4 Å². The Hall–Kier alpha value is -1.82. The van der Waals surface area contributed by atoms with Crippen LogP contribution in [0.3, 0.4) is 0 Å². The van der Waals surface area contributed by atoms with Crippen LogP contribution in [0.5, 0.6) is 0 Å². The Morgan fingerprint density at radius 3 is 1.19 bits per heavy atom. The van der Waals surface area contributed by atoms with Gasteiger partial charge in [0.15, 0.2) is 0 Å². The Morgan fingerprint density at radius 1 is 0.465 bits per heavy atom. The molecule has 0 saturated heterocycles. The minimum Gasteiger partial charge on any atom is -0.493 e. The van der Waals surface area contributed by atoms with Crippen molar-refractivity contribution in [3.05, 3.63) is 101 Å². The van der Waals surface area contributed by atoms with Gasteiger partial charge >= 0.3 is 20.4 Å². The van der Waals surface area contributed by atoms with Crippen molar-refractivity contribution < 1.29 is 25.1 Å². The second kappa shape index (κ2) is 25.5. The first-order valence-electron chi connectivity index (χ1n) is 17.2. The summed E-state index contributed by atoms with van der Waals surface area (Å²) in [7, 11) is 0. The summed E-state index contributed by atoms with van der Waals surface area (Å²) >= 11 is 0. The Labute approximate surface area is 281 Å². The molecule has 0 amide bonds. The van der Waals surface area contributed by atoms with E-state index in [-0.39, 0.29) is 20.4 Å². The second-order valence-electron chi connectivity index (χ2n) is 11.2. The van der Waals surface area contributed by atoms with E-state index in [1.807, 2.05) is 0 Å². The van der Waals surface area contributed by atoms with Gasteiger partial charge in [0.2, 0.25) is 11.4 Å². The molecule has 0 fully saturated rings. The smallest absolute Gasteiger partial charge is 0.493 e. The first kappa shape index (κ1) is 41.2. The monoisotopic (exact) mass is 676 g/mol. The Kier molecular flexibility index (Phi) is 24.4. The van der Waals surface area contributed by atoms with Crippen LogP contribution in [0.25, 0.3) is 16.9 Å². The first-order valence-corrected chi connectivity index (χ1v) is 17.2. The Balaban J connectivity index is 0.00000338. The Morgan fingerprint density at radius 2 is 0.791 bits per heavy atom.